The number of piperidine rings is 1. The fourth-order valence-electron chi connectivity index (χ4n) is 2.47. The van der Waals surface area contributed by atoms with Crippen LogP contribution in [0.5, 0.6) is 0 Å². The van der Waals surface area contributed by atoms with Crippen LogP contribution in [0.2, 0.25) is 0 Å². The average Bonchev–Trinajstić information content (AvgIpc) is 2.54. The van der Waals surface area contributed by atoms with E-state index in [4.69, 9.17) is 0 Å². The Morgan fingerprint density at radius 2 is 2.20 bits per heavy atom. The average molecular weight is 232 g/mol. The molecule has 0 aromatic rings. The van der Waals surface area contributed by atoms with Gasteiger partial charge < -0.3 is 5.32 Å². The van der Waals surface area contributed by atoms with Gasteiger partial charge in [0.25, 0.3) is 0 Å². The molecule has 1 N–H and O–H groups in total. The molecule has 4 nitrogen and oxygen atoms in total. The van der Waals surface area contributed by atoms with Crippen LogP contribution in [0.4, 0.5) is 0 Å². The van der Waals surface area contributed by atoms with E-state index in [1.807, 2.05) is 6.92 Å². The molecule has 88 valence electrons. The van der Waals surface area contributed by atoms with Gasteiger partial charge in [-0.2, -0.15) is 0 Å². The van der Waals surface area contributed by atoms with Gasteiger partial charge in [-0.05, 0) is 25.3 Å². The lowest BCUT2D eigenvalue weighted by Crippen LogP contribution is -2.45. The lowest BCUT2D eigenvalue weighted by Gasteiger charge is -2.30. The summed E-state index contributed by atoms with van der Waals surface area (Å²) in [5.41, 5.74) is 0. The van der Waals surface area contributed by atoms with Gasteiger partial charge >= 0.3 is 0 Å². The van der Waals surface area contributed by atoms with Gasteiger partial charge in [0.15, 0.2) is 0 Å². The molecule has 2 bridgehead atoms. The molecule has 0 saturated carbocycles. The second-order valence-electron chi connectivity index (χ2n) is 4.69. The second-order valence-corrected chi connectivity index (χ2v) is 6.78. The van der Waals surface area contributed by atoms with Crippen LogP contribution >= 0.6 is 0 Å². The van der Waals surface area contributed by atoms with Crippen LogP contribution < -0.4 is 5.32 Å². The van der Waals surface area contributed by atoms with E-state index in [0.717, 1.165) is 32.4 Å². The number of fused-ring (bicyclic) bond motifs is 2. The lowest BCUT2D eigenvalue weighted by molar-refractivity contribution is 0.294. The Balaban J connectivity index is 1.98. The molecule has 2 heterocycles. The Hall–Kier alpha value is -0.130. The first kappa shape index (κ1) is 11.4. The van der Waals surface area contributed by atoms with Crippen molar-refractivity contribution in [1.29, 1.82) is 0 Å². The van der Waals surface area contributed by atoms with Gasteiger partial charge in [-0.3, -0.25) is 0 Å². The maximum atomic E-state index is 12.0. The zero-order valence-corrected chi connectivity index (χ0v) is 10.1. The van der Waals surface area contributed by atoms with Crippen LogP contribution in [0.25, 0.3) is 0 Å². The Labute approximate surface area is 92.1 Å². The second kappa shape index (κ2) is 4.39. The Bertz CT molecular complexity index is 303. The number of hydrogen-bond donors (Lipinski definition) is 1. The third-order valence-electron chi connectivity index (χ3n) is 3.35. The first-order valence-electron chi connectivity index (χ1n) is 5.83. The van der Waals surface area contributed by atoms with Gasteiger partial charge in [0.05, 0.1) is 5.75 Å². The molecule has 0 radical (unpaired) electrons. The predicted molar refractivity (Wildman–Crippen MR) is 60.2 cm³/mol. The number of nitrogens with zero attached hydrogens (tertiary/aromatic N) is 1. The van der Waals surface area contributed by atoms with E-state index in [1.54, 1.807) is 4.31 Å². The molecule has 2 aliphatic heterocycles. The molecule has 2 rings (SSSR count). The molecule has 0 amide bonds. The van der Waals surface area contributed by atoms with Gasteiger partial charge in [0.2, 0.25) is 10.0 Å². The monoisotopic (exact) mass is 232 g/mol. The largest absolute Gasteiger partial charge is 0.312 e. The van der Waals surface area contributed by atoms with Crippen LogP contribution in [0, 0.1) is 5.92 Å². The molecule has 15 heavy (non-hydrogen) atoms. The molecule has 2 saturated heterocycles. The van der Waals surface area contributed by atoms with E-state index < -0.39 is 10.0 Å². The van der Waals surface area contributed by atoms with Crippen molar-refractivity contribution in [2.24, 2.45) is 5.92 Å². The highest BCUT2D eigenvalue weighted by atomic mass is 32.2. The van der Waals surface area contributed by atoms with E-state index in [1.165, 1.54) is 0 Å². The summed E-state index contributed by atoms with van der Waals surface area (Å²) in [6.45, 7) is 4.43. The number of unbranched alkanes of at least 4 members (excludes halogenated alkanes) is 1. The first-order chi connectivity index (χ1) is 7.12. The maximum Gasteiger partial charge on any atom is 0.214 e. The summed E-state index contributed by atoms with van der Waals surface area (Å²) in [5.74, 6) is 0.864. The third kappa shape index (κ3) is 2.52. The van der Waals surface area contributed by atoms with E-state index in [0.29, 0.717) is 24.3 Å². The van der Waals surface area contributed by atoms with Crippen LogP contribution in [-0.4, -0.2) is 44.2 Å². The van der Waals surface area contributed by atoms with Gasteiger partial charge in [-0.25, -0.2) is 12.7 Å². The minimum Gasteiger partial charge on any atom is -0.312 e. The highest BCUT2D eigenvalue weighted by Gasteiger charge is 2.37. The molecular formula is C10H20N2O2S. The summed E-state index contributed by atoms with van der Waals surface area (Å²) in [5, 5.41) is 3.37. The number of rotatable bonds is 4. The van der Waals surface area contributed by atoms with E-state index in [9.17, 15) is 8.42 Å². The van der Waals surface area contributed by atoms with Crippen LogP contribution in [0.3, 0.4) is 0 Å². The number of nitrogens with one attached hydrogen (secondary N) is 1. The summed E-state index contributed by atoms with van der Waals surface area (Å²) >= 11 is 0. The lowest BCUT2D eigenvalue weighted by atomic mass is 10.0. The summed E-state index contributed by atoms with van der Waals surface area (Å²) in [6, 6.07) is 0.403. The van der Waals surface area contributed by atoms with Crippen molar-refractivity contribution in [1.82, 2.24) is 9.62 Å². The van der Waals surface area contributed by atoms with E-state index in [-0.39, 0.29) is 0 Å². The smallest absolute Gasteiger partial charge is 0.214 e. The fourth-order valence-corrected chi connectivity index (χ4v) is 4.23. The van der Waals surface area contributed by atoms with Crippen molar-refractivity contribution >= 4 is 10.0 Å². The minimum absolute atomic E-state index is 0.322. The third-order valence-corrected chi connectivity index (χ3v) is 5.24. The summed E-state index contributed by atoms with van der Waals surface area (Å²) < 4.78 is 25.6. The molecule has 0 spiro atoms. The summed E-state index contributed by atoms with van der Waals surface area (Å²) in [7, 11) is -2.98. The molecular weight excluding hydrogens is 212 g/mol. The number of hydrogen-bond acceptors (Lipinski definition) is 3. The van der Waals surface area contributed by atoms with Gasteiger partial charge in [-0.1, -0.05) is 13.3 Å². The van der Waals surface area contributed by atoms with Crippen molar-refractivity contribution in [2.75, 3.05) is 25.4 Å². The zero-order valence-electron chi connectivity index (χ0n) is 9.28. The SMILES string of the molecule is CCCCS(=O)(=O)N1C[C@@H]2CN[C@@H](C2)C1. The number of sulfonamides is 1. The Kier molecular flexibility index (Phi) is 3.33. The zero-order chi connectivity index (χ0) is 10.9. The maximum absolute atomic E-state index is 12.0. The van der Waals surface area contributed by atoms with Crippen LogP contribution in [0.1, 0.15) is 26.2 Å². The van der Waals surface area contributed by atoms with Crippen molar-refractivity contribution in [3.63, 3.8) is 0 Å². The quantitative estimate of drug-likeness (QED) is 0.764. The molecule has 0 unspecified atom stereocenters. The van der Waals surface area contributed by atoms with Gasteiger partial charge in [0.1, 0.15) is 0 Å². The molecule has 0 aromatic heterocycles. The van der Waals surface area contributed by atoms with E-state index >= 15 is 0 Å². The van der Waals surface area contributed by atoms with Gasteiger partial charge in [0, 0.05) is 19.1 Å². The van der Waals surface area contributed by atoms with Crippen molar-refractivity contribution in [3.05, 3.63) is 0 Å². The van der Waals surface area contributed by atoms with Crippen LogP contribution in [-0.2, 0) is 10.0 Å². The molecule has 2 fully saturated rings. The molecule has 0 aromatic carbocycles. The van der Waals surface area contributed by atoms with Crippen LogP contribution in [0.15, 0.2) is 0 Å². The first-order valence-corrected chi connectivity index (χ1v) is 7.44. The highest BCUT2D eigenvalue weighted by Crippen LogP contribution is 2.24. The standard InChI is InChI=1S/C10H20N2O2S/c1-2-3-4-15(13,14)12-7-9-5-10(8-12)11-6-9/h9-11H,2-8H2,1H3/t9-,10-/m0/s1. The summed E-state index contributed by atoms with van der Waals surface area (Å²) in [6.07, 6.45) is 2.87. The molecule has 2 aliphatic rings. The van der Waals surface area contributed by atoms with Crippen molar-refractivity contribution < 1.29 is 8.42 Å². The van der Waals surface area contributed by atoms with Crippen molar-refractivity contribution in [2.45, 2.75) is 32.2 Å². The highest BCUT2D eigenvalue weighted by molar-refractivity contribution is 7.89. The molecule has 0 aliphatic carbocycles. The normalized spacial score (nSPS) is 32.1. The minimum atomic E-state index is -2.98. The fraction of sp³-hybridized carbons (Fsp3) is 1.00. The van der Waals surface area contributed by atoms with E-state index in [2.05, 4.69) is 5.32 Å². The topological polar surface area (TPSA) is 49.4 Å². The predicted octanol–water partition coefficient (Wildman–Crippen LogP) is 0.410. The Morgan fingerprint density at radius 3 is 2.87 bits per heavy atom. The molecule has 5 heteroatoms. The summed E-state index contributed by atoms with van der Waals surface area (Å²) in [4.78, 5) is 0. The van der Waals surface area contributed by atoms with Gasteiger partial charge in [-0.15, -0.1) is 0 Å². The molecule has 2 atom stereocenters. The Morgan fingerprint density at radius 1 is 1.40 bits per heavy atom. The van der Waals surface area contributed by atoms with Crippen molar-refractivity contribution in [3.8, 4) is 0 Å².